The first kappa shape index (κ1) is 65.1. The summed E-state index contributed by atoms with van der Waals surface area (Å²) in [4.78, 5) is 30.3. The second kappa shape index (κ2) is 27.5. The normalized spacial score (nSPS) is 11.6. The zero-order valence-corrected chi connectivity index (χ0v) is 60.3. The molecule has 112 heavy (non-hydrogen) atoms. The summed E-state index contributed by atoms with van der Waals surface area (Å²) in [5, 5.41) is 9.26. The number of rotatable bonds is 12. The van der Waals surface area contributed by atoms with E-state index in [0.29, 0.717) is 34.9 Å². The van der Waals surface area contributed by atoms with Gasteiger partial charge in [0.05, 0.1) is 22.1 Å². The maximum absolute atomic E-state index is 6.13. The Kier molecular flexibility index (Phi) is 16.0. The van der Waals surface area contributed by atoms with E-state index in [1.807, 2.05) is 97.1 Å². The van der Waals surface area contributed by atoms with Crippen LogP contribution in [0.5, 0.6) is 0 Å². The second-order valence-corrected chi connectivity index (χ2v) is 28.1. The predicted molar refractivity (Wildman–Crippen MR) is 457 cm³/mol. The predicted octanol–water partition coefficient (Wildman–Crippen LogP) is 26.4. The number of para-hydroxylation sites is 4. The van der Waals surface area contributed by atoms with Crippen molar-refractivity contribution in [3.05, 3.63) is 388 Å². The van der Waals surface area contributed by atoms with Crippen molar-refractivity contribution < 1.29 is 8.83 Å². The van der Waals surface area contributed by atoms with Gasteiger partial charge in [0.25, 0.3) is 0 Å². The van der Waals surface area contributed by atoms with Gasteiger partial charge in [0, 0.05) is 87.8 Å². The highest BCUT2D eigenvalue weighted by Crippen LogP contribution is 2.42. The number of benzene rings is 16. The fraction of sp³-hybridized carbons (Fsp3) is 0. The Morgan fingerprint density at radius 1 is 0.152 bits per heavy atom. The van der Waals surface area contributed by atoms with Crippen LogP contribution in [0.2, 0.25) is 0 Å². The third-order valence-electron chi connectivity index (χ3n) is 21.3. The van der Waals surface area contributed by atoms with Crippen molar-refractivity contribution in [2.24, 2.45) is 0 Å². The van der Waals surface area contributed by atoms with Crippen LogP contribution in [-0.2, 0) is 0 Å². The lowest BCUT2D eigenvalue weighted by atomic mass is 10.0. The minimum absolute atomic E-state index is 0.617. The number of hydrogen-bond donors (Lipinski definition) is 0. The number of aromatic nitrogens is 8. The van der Waals surface area contributed by atoms with Gasteiger partial charge in [-0.15, -0.1) is 0 Å². The van der Waals surface area contributed by atoms with Gasteiger partial charge in [-0.1, -0.05) is 285 Å². The molecule has 22 rings (SSSR count). The van der Waals surface area contributed by atoms with Crippen molar-refractivity contribution in [2.75, 3.05) is 0 Å². The highest BCUT2D eigenvalue weighted by atomic mass is 16.3. The Labute approximate surface area is 643 Å². The smallest absolute Gasteiger partial charge is 0.164 e. The van der Waals surface area contributed by atoms with E-state index in [9.17, 15) is 0 Å². The monoisotopic (exact) mass is 1430 g/mol. The van der Waals surface area contributed by atoms with Crippen molar-refractivity contribution in [2.45, 2.75) is 0 Å². The molecular weight excluding hydrogens is 1370 g/mol. The first-order valence-electron chi connectivity index (χ1n) is 37.5. The van der Waals surface area contributed by atoms with E-state index in [-0.39, 0.29) is 0 Å². The summed E-state index contributed by atoms with van der Waals surface area (Å²) in [7, 11) is 0. The first-order chi connectivity index (χ1) is 55.5. The second-order valence-electron chi connectivity index (χ2n) is 28.1. The van der Waals surface area contributed by atoms with Crippen LogP contribution in [0.1, 0.15) is 0 Å². The Balaban J connectivity index is 0.000000141. The SMILES string of the molecule is c1ccc(-c2ccc(-c3nc(-c4ccccc4)nc(-c4cccc(-n5c6ccccc6c6cc(-c7ccc8oc9ccccc9c8c7)ccc65)c4)n3)cc2)cc1.c1ccc(-c2cccc(-c3nc(-c4ccccc4)nc(-c4cccc(-n5c6ccccc6c6cc(-c7ccc8oc9ccccc9c8c7)ccc65)c4)n3)c2)cc1. The summed E-state index contributed by atoms with van der Waals surface area (Å²) in [6, 6.07) is 135. The average Bonchev–Trinajstić information content (AvgIpc) is 1.60. The van der Waals surface area contributed by atoms with Gasteiger partial charge in [-0.25, -0.2) is 29.9 Å². The van der Waals surface area contributed by atoms with Gasteiger partial charge in [0.1, 0.15) is 22.3 Å². The molecule has 10 heteroatoms. The van der Waals surface area contributed by atoms with Gasteiger partial charge in [-0.05, 0) is 148 Å². The van der Waals surface area contributed by atoms with Gasteiger partial charge < -0.3 is 18.0 Å². The maximum Gasteiger partial charge on any atom is 0.164 e. The van der Waals surface area contributed by atoms with Crippen molar-refractivity contribution in [3.8, 4) is 124 Å². The Morgan fingerprint density at radius 2 is 0.411 bits per heavy atom. The van der Waals surface area contributed by atoms with E-state index < -0.39 is 0 Å². The van der Waals surface area contributed by atoms with Crippen LogP contribution >= 0.6 is 0 Å². The molecule has 16 aromatic carbocycles. The zero-order valence-electron chi connectivity index (χ0n) is 60.3. The highest BCUT2D eigenvalue weighted by molar-refractivity contribution is 6.13. The van der Waals surface area contributed by atoms with Crippen molar-refractivity contribution in [1.82, 2.24) is 39.0 Å². The molecule has 0 unspecified atom stereocenters. The molecule has 0 aliphatic heterocycles. The molecule has 524 valence electrons. The quantitative estimate of drug-likeness (QED) is 0.119. The molecule has 0 radical (unpaired) electrons. The first-order valence-corrected chi connectivity index (χ1v) is 37.5. The van der Waals surface area contributed by atoms with E-state index in [1.165, 1.54) is 27.1 Å². The summed E-state index contributed by atoms with van der Waals surface area (Å²) in [5.41, 5.74) is 24.9. The van der Waals surface area contributed by atoms with Gasteiger partial charge in [0.2, 0.25) is 0 Å². The van der Waals surface area contributed by atoms with Crippen molar-refractivity contribution in [3.63, 3.8) is 0 Å². The number of hydrogen-bond acceptors (Lipinski definition) is 8. The molecule has 22 aromatic rings. The van der Waals surface area contributed by atoms with Crippen LogP contribution in [0.25, 0.3) is 212 Å². The topological polar surface area (TPSA) is 113 Å². The molecule has 0 saturated heterocycles. The molecule has 0 saturated carbocycles. The van der Waals surface area contributed by atoms with Gasteiger partial charge in [-0.3, -0.25) is 0 Å². The molecule has 6 heterocycles. The standard InChI is InChI=1S/2C51H32N4O/c1-3-13-33(14-4-1)35-17-11-18-38(29-35)50-52-49(34-15-5-2-6-16-34)53-51(54-50)39-19-12-20-40(30-39)55-45-23-9-7-21-41(45)43-31-36(25-27-46(43)55)37-26-28-48-44(32-37)42-22-8-10-24-47(42)56-48;1-3-12-33(13-4-1)34-22-24-36(25-23-34)50-52-49(35-14-5-2-6-15-35)53-51(54-50)39-16-11-17-40(30-39)55-45-20-9-7-18-41(45)43-31-37(26-28-46(43)55)38-27-29-48-44(32-38)42-19-8-10-21-47(42)56-48/h2*1-32H. The van der Waals surface area contributed by atoms with Crippen LogP contribution in [0.3, 0.4) is 0 Å². The highest BCUT2D eigenvalue weighted by Gasteiger charge is 2.21. The molecule has 0 spiro atoms. The molecule has 10 nitrogen and oxygen atoms in total. The van der Waals surface area contributed by atoms with Gasteiger partial charge >= 0.3 is 0 Å². The van der Waals surface area contributed by atoms with Crippen molar-refractivity contribution in [1.29, 1.82) is 0 Å². The molecule has 0 N–H and O–H groups in total. The lowest BCUT2D eigenvalue weighted by Crippen LogP contribution is -2.01. The zero-order chi connectivity index (χ0) is 74.0. The molecular formula is C102H64N8O2. The Hall–Kier alpha value is -15.3. The molecule has 0 aliphatic rings. The minimum Gasteiger partial charge on any atom is -0.456 e. The van der Waals surface area contributed by atoms with E-state index in [2.05, 4.69) is 300 Å². The third-order valence-corrected chi connectivity index (χ3v) is 21.3. The van der Waals surface area contributed by atoms with Crippen LogP contribution in [0.15, 0.2) is 397 Å². The average molecular weight is 1430 g/mol. The number of fused-ring (bicyclic) bond motifs is 12. The molecule has 0 amide bonds. The van der Waals surface area contributed by atoms with Crippen LogP contribution in [0, 0.1) is 0 Å². The largest absolute Gasteiger partial charge is 0.456 e. The summed E-state index contributed by atoms with van der Waals surface area (Å²) < 4.78 is 16.9. The minimum atomic E-state index is 0.617. The fourth-order valence-electron chi connectivity index (χ4n) is 15.9. The Bertz CT molecular complexity index is 7370. The lowest BCUT2D eigenvalue weighted by molar-refractivity contribution is 0.668. The third kappa shape index (κ3) is 11.9. The molecule has 0 atom stereocenters. The van der Waals surface area contributed by atoms with Crippen LogP contribution < -0.4 is 0 Å². The van der Waals surface area contributed by atoms with Gasteiger partial charge in [0.15, 0.2) is 34.9 Å². The summed E-state index contributed by atoms with van der Waals surface area (Å²) in [6.45, 7) is 0. The van der Waals surface area contributed by atoms with E-state index >= 15 is 0 Å². The molecule has 0 bridgehead atoms. The van der Waals surface area contributed by atoms with Crippen molar-refractivity contribution >= 4 is 87.5 Å². The lowest BCUT2D eigenvalue weighted by Gasteiger charge is -2.12. The van der Waals surface area contributed by atoms with E-state index in [0.717, 1.165) is 150 Å². The number of furan rings is 2. The summed E-state index contributed by atoms with van der Waals surface area (Å²) >= 11 is 0. The molecule has 0 aliphatic carbocycles. The Morgan fingerprint density at radius 3 is 0.848 bits per heavy atom. The summed E-state index contributed by atoms with van der Waals surface area (Å²) in [5.74, 6) is 3.76. The number of nitrogens with zero attached hydrogens (tertiary/aromatic N) is 8. The van der Waals surface area contributed by atoms with Gasteiger partial charge in [-0.2, -0.15) is 0 Å². The molecule has 6 aromatic heterocycles. The summed E-state index contributed by atoms with van der Waals surface area (Å²) in [6.07, 6.45) is 0. The molecule has 0 fully saturated rings. The van der Waals surface area contributed by atoms with Crippen LogP contribution in [0.4, 0.5) is 0 Å². The maximum atomic E-state index is 6.13. The fourth-order valence-corrected chi connectivity index (χ4v) is 15.9. The van der Waals surface area contributed by atoms with E-state index in [1.54, 1.807) is 0 Å². The van der Waals surface area contributed by atoms with E-state index in [4.69, 9.17) is 38.7 Å². The van der Waals surface area contributed by atoms with Crippen LogP contribution in [-0.4, -0.2) is 39.0 Å².